The first-order chi connectivity index (χ1) is 7.34. The Labute approximate surface area is 88.8 Å². The van der Waals surface area contributed by atoms with Crippen molar-refractivity contribution in [3.8, 4) is 0 Å². The van der Waals surface area contributed by atoms with Crippen LogP contribution in [-0.4, -0.2) is 12.6 Å². The van der Waals surface area contributed by atoms with Crippen LogP contribution in [0.2, 0.25) is 0 Å². The SMILES string of the molecule is CCOC(=O)c1cc(F)cc(C(F)(F)F)c1. The van der Waals surface area contributed by atoms with E-state index in [9.17, 15) is 22.4 Å². The quantitative estimate of drug-likeness (QED) is 0.582. The molecular formula is C10H8F4O2. The largest absolute Gasteiger partial charge is 0.462 e. The maximum atomic E-state index is 12.9. The summed E-state index contributed by atoms with van der Waals surface area (Å²) in [4.78, 5) is 11.1. The molecule has 88 valence electrons. The molecule has 0 N–H and O–H groups in total. The first-order valence-corrected chi connectivity index (χ1v) is 4.39. The van der Waals surface area contributed by atoms with Gasteiger partial charge in [0.25, 0.3) is 0 Å². The van der Waals surface area contributed by atoms with Crippen molar-refractivity contribution >= 4 is 5.97 Å². The molecule has 0 fully saturated rings. The molecule has 1 rings (SSSR count). The predicted octanol–water partition coefficient (Wildman–Crippen LogP) is 3.02. The molecule has 1 aromatic rings. The van der Waals surface area contributed by atoms with Crippen LogP contribution >= 0.6 is 0 Å². The average Bonchev–Trinajstić information content (AvgIpc) is 2.16. The van der Waals surface area contributed by atoms with Crippen molar-refractivity contribution in [1.29, 1.82) is 0 Å². The molecule has 0 unspecified atom stereocenters. The molecule has 0 saturated carbocycles. The summed E-state index contributed by atoms with van der Waals surface area (Å²) in [6.07, 6.45) is -4.69. The van der Waals surface area contributed by atoms with Crippen LogP contribution in [0, 0.1) is 5.82 Å². The van der Waals surface area contributed by atoms with Crippen LogP contribution in [0.5, 0.6) is 0 Å². The topological polar surface area (TPSA) is 26.3 Å². The Kier molecular flexibility index (Phi) is 3.51. The summed E-state index contributed by atoms with van der Waals surface area (Å²) in [5.41, 5.74) is -1.66. The third-order valence-electron chi connectivity index (χ3n) is 1.74. The van der Waals surface area contributed by atoms with Crippen LogP contribution < -0.4 is 0 Å². The summed E-state index contributed by atoms with van der Waals surface area (Å²) in [5, 5.41) is 0. The van der Waals surface area contributed by atoms with E-state index in [0.717, 1.165) is 0 Å². The fourth-order valence-corrected chi connectivity index (χ4v) is 1.09. The van der Waals surface area contributed by atoms with Crippen molar-refractivity contribution in [2.45, 2.75) is 13.1 Å². The van der Waals surface area contributed by atoms with E-state index in [1.807, 2.05) is 0 Å². The van der Waals surface area contributed by atoms with Crippen LogP contribution in [-0.2, 0) is 10.9 Å². The van der Waals surface area contributed by atoms with E-state index in [4.69, 9.17) is 0 Å². The van der Waals surface area contributed by atoms with Crippen LogP contribution in [0.25, 0.3) is 0 Å². The summed E-state index contributed by atoms with van der Waals surface area (Å²) >= 11 is 0. The molecule has 0 atom stereocenters. The third-order valence-corrected chi connectivity index (χ3v) is 1.74. The minimum Gasteiger partial charge on any atom is -0.462 e. The lowest BCUT2D eigenvalue weighted by molar-refractivity contribution is -0.137. The molecule has 6 heteroatoms. The number of carbonyl (C=O) groups excluding carboxylic acids is 1. The molecular weight excluding hydrogens is 228 g/mol. The Morgan fingerprint density at radius 2 is 1.94 bits per heavy atom. The lowest BCUT2D eigenvalue weighted by Crippen LogP contribution is -2.10. The second kappa shape index (κ2) is 4.51. The Bertz CT molecular complexity index is 398. The normalized spacial score (nSPS) is 11.3. The monoisotopic (exact) mass is 236 g/mol. The van der Waals surface area contributed by atoms with Gasteiger partial charge in [0.15, 0.2) is 0 Å². The molecule has 0 spiro atoms. The second-order valence-corrected chi connectivity index (χ2v) is 2.95. The number of hydrogen-bond acceptors (Lipinski definition) is 2. The average molecular weight is 236 g/mol. The van der Waals surface area contributed by atoms with Crippen molar-refractivity contribution in [2.75, 3.05) is 6.61 Å². The minimum atomic E-state index is -4.69. The van der Waals surface area contributed by atoms with Gasteiger partial charge in [-0.25, -0.2) is 9.18 Å². The van der Waals surface area contributed by atoms with E-state index in [-0.39, 0.29) is 6.61 Å². The molecule has 0 bridgehead atoms. The van der Waals surface area contributed by atoms with E-state index < -0.39 is 29.1 Å². The molecule has 0 amide bonds. The molecule has 0 radical (unpaired) electrons. The van der Waals surface area contributed by atoms with E-state index >= 15 is 0 Å². The van der Waals surface area contributed by atoms with Crippen molar-refractivity contribution in [2.24, 2.45) is 0 Å². The molecule has 0 aromatic heterocycles. The molecule has 0 aliphatic rings. The molecule has 0 aliphatic carbocycles. The first kappa shape index (κ1) is 12.5. The maximum Gasteiger partial charge on any atom is 0.416 e. The van der Waals surface area contributed by atoms with Gasteiger partial charge in [0, 0.05) is 0 Å². The number of rotatable bonds is 2. The Morgan fingerprint density at radius 1 is 1.31 bits per heavy atom. The third kappa shape index (κ3) is 2.95. The standard InChI is InChI=1S/C10H8F4O2/c1-2-16-9(15)6-3-7(10(12,13)14)5-8(11)4-6/h3-5H,2H2,1H3. The lowest BCUT2D eigenvalue weighted by atomic mass is 10.1. The van der Waals surface area contributed by atoms with Gasteiger partial charge >= 0.3 is 12.1 Å². The van der Waals surface area contributed by atoms with Gasteiger partial charge in [-0.2, -0.15) is 13.2 Å². The smallest absolute Gasteiger partial charge is 0.416 e. The fraction of sp³-hybridized carbons (Fsp3) is 0.300. The molecule has 16 heavy (non-hydrogen) atoms. The van der Waals surface area contributed by atoms with Gasteiger partial charge in [-0.05, 0) is 25.1 Å². The summed E-state index contributed by atoms with van der Waals surface area (Å²) in [5.74, 6) is -2.11. The zero-order chi connectivity index (χ0) is 12.3. The van der Waals surface area contributed by atoms with Gasteiger partial charge in [-0.15, -0.1) is 0 Å². The number of carbonyl (C=O) groups is 1. The molecule has 1 aromatic carbocycles. The highest BCUT2D eigenvalue weighted by Crippen LogP contribution is 2.30. The number of alkyl halides is 3. The van der Waals surface area contributed by atoms with Crippen molar-refractivity contribution < 1.29 is 27.1 Å². The van der Waals surface area contributed by atoms with Gasteiger partial charge in [-0.3, -0.25) is 0 Å². The van der Waals surface area contributed by atoms with Gasteiger partial charge < -0.3 is 4.74 Å². The zero-order valence-electron chi connectivity index (χ0n) is 8.27. The van der Waals surface area contributed by atoms with Crippen molar-refractivity contribution in [3.63, 3.8) is 0 Å². The summed E-state index contributed by atoms with van der Waals surface area (Å²) in [6, 6.07) is 1.58. The molecule has 0 aliphatic heterocycles. The lowest BCUT2D eigenvalue weighted by Gasteiger charge is -2.08. The number of ether oxygens (including phenoxy) is 1. The Hall–Kier alpha value is -1.59. The maximum absolute atomic E-state index is 12.9. The van der Waals surface area contributed by atoms with Crippen LogP contribution in [0.15, 0.2) is 18.2 Å². The van der Waals surface area contributed by atoms with Crippen molar-refractivity contribution in [3.05, 3.63) is 35.1 Å². The number of esters is 1. The number of halogens is 4. The van der Waals surface area contributed by atoms with Crippen LogP contribution in [0.3, 0.4) is 0 Å². The van der Waals surface area contributed by atoms with E-state index in [1.54, 1.807) is 0 Å². The van der Waals surface area contributed by atoms with Crippen LogP contribution in [0.1, 0.15) is 22.8 Å². The number of benzene rings is 1. The minimum absolute atomic E-state index is 0.0106. The summed E-state index contributed by atoms with van der Waals surface area (Å²) in [7, 11) is 0. The van der Waals surface area contributed by atoms with E-state index in [0.29, 0.717) is 18.2 Å². The highest BCUT2D eigenvalue weighted by molar-refractivity contribution is 5.89. The van der Waals surface area contributed by atoms with Crippen molar-refractivity contribution in [1.82, 2.24) is 0 Å². The zero-order valence-corrected chi connectivity index (χ0v) is 8.27. The Balaban J connectivity index is 3.13. The summed E-state index contributed by atoms with van der Waals surface area (Å²) < 4.78 is 54.2. The Morgan fingerprint density at radius 3 is 2.44 bits per heavy atom. The van der Waals surface area contributed by atoms with Gasteiger partial charge in [0.1, 0.15) is 5.82 Å². The van der Waals surface area contributed by atoms with Gasteiger partial charge in [0.05, 0.1) is 17.7 Å². The van der Waals surface area contributed by atoms with Gasteiger partial charge in [0.2, 0.25) is 0 Å². The summed E-state index contributed by atoms with van der Waals surface area (Å²) in [6.45, 7) is 1.51. The highest BCUT2D eigenvalue weighted by Gasteiger charge is 2.32. The molecule has 0 heterocycles. The van der Waals surface area contributed by atoms with Crippen LogP contribution in [0.4, 0.5) is 17.6 Å². The molecule has 2 nitrogen and oxygen atoms in total. The fourth-order valence-electron chi connectivity index (χ4n) is 1.09. The molecule has 0 saturated heterocycles. The first-order valence-electron chi connectivity index (χ1n) is 4.39. The van der Waals surface area contributed by atoms with E-state index in [1.165, 1.54) is 6.92 Å². The van der Waals surface area contributed by atoms with Gasteiger partial charge in [-0.1, -0.05) is 0 Å². The second-order valence-electron chi connectivity index (χ2n) is 2.95. The highest BCUT2D eigenvalue weighted by atomic mass is 19.4. The van der Waals surface area contributed by atoms with E-state index in [2.05, 4.69) is 4.74 Å². The number of hydrogen-bond donors (Lipinski definition) is 0. The predicted molar refractivity (Wildman–Crippen MR) is 47.4 cm³/mol.